The molecule has 0 spiro atoms. The molecule has 0 N–H and O–H groups in total. The Kier molecular flexibility index (Phi) is 4.68. The van der Waals surface area contributed by atoms with Gasteiger partial charge >= 0.3 is 0 Å². The molecule has 84 valence electrons. The largest absolute Gasteiger partial charge is 0.325 e. The summed E-state index contributed by atoms with van der Waals surface area (Å²) >= 11 is 0. The summed E-state index contributed by atoms with van der Waals surface area (Å²) in [5.74, 6) is 0. The van der Waals surface area contributed by atoms with Crippen LogP contribution in [0.4, 0.5) is 13.2 Å². The molecule has 2 atom stereocenters. The number of rotatable bonds is 4. The average Bonchev–Trinajstić information content (AvgIpc) is 2.19. The number of likely N-dealkylation sites (tertiary alicyclic amines) is 1. The first kappa shape index (κ1) is 11.8. The van der Waals surface area contributed by atoms with Gasteiger partial charge in [0.25, 0.3) is 12.8 Å². The predicted octanol–water partition coefficient (Wildman–Crippen LogP) is 2.40. The van der Waals surface area contributed by atoms with Crippen LogP contribution in [0.2, 0.25) is 0 Å². The van der Waals surface area contributed by atoms with Gasteiger partial charge in [0.2, 0.25) is 0 Å². The lowest BCUT2D eigenvalue weighted by Crippen LogP contribution is -2.41. The highest BCUT2D eigenvalue weighted by molar-refractivity contribution is 4.66. The highest BCUT2D eigenvalue weighted by Gasteiger charge is 2.25. The van der Waals surface area contributed by atoms with Crippen molar-refractivity contribution in [3.63, 3.8) is 0 Å². The van der Waals surface area contributed by atoms with E-state index >= 15 is 0 Å². The van der Waals surface area contributed by atoms with E-state index in [2.05, 4.69) is 4.74 Å². The van der Waals surface area contributed by atoms with Gasteiger partial charge in [-0.1, -0.05) is 6.42 Å². The molecule has 0 aromatic heterocycles. The molecule has 5 heteroatoms. The molecule has 0 bridgehead atoms. The van der Waals surface area contributed by atoms with E-state index in [1.165, 1.54) is 0 Å². The van der Waals surface area contributed by atoms with E-state index in [0.717, 1.165) is 32.4 Å². The summed E-state index contributed by atoms with van der Waals surface area (Å²) in [7, 11) is 0. The summed E-state index contributed by atoms with van der Waals surface area (Å²) in [5, 5.41) is 0. The molecule has 2 unspecified atom stereocenters. The standard InChI is InChI=1S/C9H16F3NO/c1-7(14-9(12)8(10)11)13-5-3-2-4-6-13/h7-9H,2-6H2,1H3. The van der Waals surface area contributed by atoms with Crippen LogP contribution in [-0.4, -0.2) is 37.0 Å². The van der Waals surface area contributed by atoms with E-state index in [1.807, 2.05) is 4.90 Å². The Bertz CT molecular complexity index is 162. The van der Waals surface area contributed by atoms with Gasteiger partial charge in [-0.15, -0.1) is 0 Å². The second-order valence-electron chi connectivity index (χ2n) is 3.52. The summed E-state index contributed by atoms with van der Waals surface area (Å²) in [6, 6.07) is 0. The molecule has 1 aliphatic rings. The second-order valence-corrected chi connectivity index (χ2v) is 3.52. The minimum absolute atomic E-state index is 0.556. The third-order valence-electron chi connectivity index (χ3n) is 2.43. The van der Waals surface area contributed by atoms with Crippen LogP contribution in [0.15, 0.2) is 0 Å². The summed E-state index contributed by atoms with van der Waals surface area (Å²) in [5.41, 5.74) is 0. The molecular formula is C9H16F3NO. The van der Waals surface area contributed by atoms with Crippen molar-refractivity contribution in [3.8, 4) is 0 Å². The van der Waals surface area contributed by atoms with Crippen molar-refractivity contribution in [1.82, 2.24) is 4.90 Å². The molecule has 0 radical (unpaired) electrons. The first-order valence-corrected chi connectivity index (χ1v) is 4.93. The lowest BCUT2D eigenvalue weighted by atomic mass is 10.1. The minimum Gasteiger partial charge on any atom is -0.325 e. The van der Waals surface area contributed by atoms with Gasteiger partial charge in [-0.2, -0.15) is 0 Å². The number of hydrogen-bond donors (Lipinski definition) is 0. The van der Waals surface area contributed by atoms with Gasteiger partial charge in [-0.3, -0.25) is 4.90 Å². The molecule has 0 amide bonds. The lowest BCUT2D eigenvalue weighted by molar-refractivity contribution is -0.191. The monoisotopic (exact) mass is 211 g/mol. The molecule has 0 aliphatic carbocycles. The quantitative estimate of drug-likeness (QED) is 0.708. The SMILES string of the molecule is CC(OC(F)C(F)F)N1CCCCC1. The predicted molar refractivity (Wildman–Crippen MR) is 46.9 cm³/mol. The zero-order chi connectivity index (χ0) is 10.6. The molecule has 0 aromatic carbocycles. The smallest absolute Gasteiger partial charge is 0.293 e. The van der Waals surface area contributed by atoms with Crippen LogP contribution >= 0.6 is 0 Å². The fourth-order valence-corrected chi connectivity index (χ4v) is 1.62. The zero-order valence-corrected chi connectivity index (χ0v) is 8.26. The highest BCUT2D eigenvalue weighted by Crippen LogP contribution is 2.16. The van der Waals surface area contributed by atoms with Crippen molar-refractivity contribution in [2.45, 2.75) is 45.2 Å². The van der Waals surface area contributed by atoms with E-state index in [1.54, 1.807) is 6.92 Å². The van der Waals surface area contributed by atoms with Crippen molar-refractivity contribution >= 4 is 0 Å². The Morgan fingerprint density at radius 1 is 1.07 bits per heavy atom. The highest BCUT2D eigenvalue weighted by atomic mass is 19.3. The van der Waals surface area contributed by atoms with Gasteiger partial charge in [0, 0.05) is 13.1 Å². The molecule has 1 saturated heterocycles. The molecule has 1 fully saturated rings. The van der Waals surface area contributed by atoms with Crippen LogP contribution in [0.25, 0.3) is 0 Å². The maximum Gasteiger partial charge on any atom is 0.293 e. The van der Waals surface area contributed by atoms with E-state index in [0.29, 0.717) is 0 Å². The molecule has 1 rings (SSSR count). The number of nitrogens with zero attached hydrogens (tertiary/aromatic N) is 1. The lowest BCUT2D eigenvalue weighted by Gasteiger charge is -2.32. The second kappa shape index (κ2) is 5.56. The first-order valence-electron chi connectivity index (χ1n) is 4.93. The minimum atomic E-state index is -3.05. The maximum atomic E-state index is 12.5. The number of hydrogen-bond acceptors (Lipinski definition) is 2. The molecule has 1 heterocycles. The van der Waals surface area contributed by atoms with Crippen molar-refractivity contribution < 1.29 is 17.9 Å². The Balaban J connectivity index is 2.28. The summed E-state index contributed by atoms with van der Waals surface area (Å²) in [6.45, 7) is 3.22. The van der Waals surface area contributed by atoms with E-state index < -0.39 is 19.0 Å². The molecular weight excluding hydrogens is 195 g/mol. The van der Waals surface area contributed by atoms with Crippen LogP contribution in [0, 0.1) is 0 Å². The summed E-state index contributed by atoms with van der Waals surface area (Å²) in [4.78, 5) is 1.89. The van der Waals surface area contributed by atoms with Gasteiger partial charge in [0.1, 0.15) is 6.23 Å². The third-order valence-corrected chi connectivity index (χ3v) is 2.43. The van der Waals surface area contributed by atoms with Gasteiger partial charge < -0.3 is 4.74 Å². The average molecular weight is 211 g/mol. The Morgan fingerprint density at radius 2 is 1.64 bits per heavy atom. The molecule has 0 aromatic rings. The van der Waals surface area contributed by atoms with E-state index in [4.69, 9.17) is 0 Å². The van der Waals surface area contributed by atoms with Crippen molar-refractivity contribution in [2.24, 2.45) is 0 Å². The van der Waals surface area contributed by atoms with Gasteiger partial charge in [-0.05, 0) is 19.8 Å². The summed E-state index contributed by atoms with van der Waals surface area (Å²) < 4.78 is 40.8. The fraction of sp³-hybridized carbons (Fsp3) is 1.00. The van der Waals surface area contributed by atoms with Crippen LogP contribution in [-0.2, 0) is 4.74 Å². The van der Waals surface area contributed by atoms with Crippen LogP contribution in [0.3, 0.4) is 0 Å². The Labute approximate surface area is 82.0 Å². The van der Waals surface area contributed by atoms with Crippen molar-refractivity contribution in [3.05, 3.63) is 0 Å². The van der Waals surface area contributed by atoms with Crippen molar-refractivity contribution in [1.29, 1.82) is 0 Å². The van der Waals surface area contributed by atoms with Crippen LogP contribution in [0.5, 0.6) is 0 Å². The van der Waals surface area contributed by atoms with Crippen LogP contribution < -0.4 is 0 Å². The molecule has 2 nitrogen and oxygen atoms in total. The first-order chi connectivity index (χ1) is 6.61. The Hall–Kier alpha value is -0.290. The van der Waals surface area contributed by atoms with Gasteiger partial charge in [0.05, 0.1) is 0 Å². The fourth-order valence-electron chi connectivity index (χ4n) is 1.62. The zero-order valence-electron chi connectivity index (χ0n) is 8.26. The maximum absolute atomic E-state index is 12.5. The number of ether oxygens (including phenoxy) is 1. The number of halogens is 3. The van der Waals surface area contributed by atoms with Crippen LogP contribution in [0.1, 0.15) is 26.2 Å². The topological polar surface area (TPSA) is 12.5 Å². The molecule has 0 saturated carbocycles. The number of alkyl halides is 3. The van der Waals surface area contributed by atoms with Gasteiger partial charge in [0.15, 0.2) is 0 Å². The van der Waals surface area contributed by atoms with E-state index in [-0.39, 0.29) is 0 Å². The molecule has 1 aliphatic heterocycles. The van der Waals surface area contributed by atoms with Crippen molar-refractivity contribution in [2.75, 3.05) is 13.1 Å². The normalized spacial score (nSPS) is 23.8. The van der Waals surface area contributed by atoms with Gasteiger partial charge in [-0.25, -0.2) is 13.2 Å². The third kappa shape index (κ3) is 3.46. The Morgan fingerprint density at radius 3 is 2.14 bits per heavy atom. The van der Waals surface area contributed by atoms with E-state index in [9.17, 15) is 13.2 Å². The number of piperidine rings is 1. The summed E-state index contributed by atoms with van der Waals surface area (Å²) in [6.07, 6.45) is -2.87. The molecule has 14 heavy (non-hydrogen) atoms.